The minimum absolute atomic E-state index is 0.0528. The largest absolute Gasteiger partial charge is 0.498 e. The van der Waals surface area contributed by atoms with Crippen molar-refractivity contribution in [2.75, 3.05) is 24.5 Å². The maximum absolute atomic E-state index is 14.7. The minimum atomic E-state index is -5.34. The van der Waals surface area contributed by atoms with Gasteiger partial charge in [-0.25, -0.2) is 13.6 Å². The number of aromatic amines is 1. The highest BCUT2D eigenvalue weighted by Gasteiger charge is 2.46. The Morgan fingerprint density at radius 3 is 2.30 bits per heavy atom. The number of rotatable bonds is 5. The second kappa shape index (κ2) is 10.9. The summed E-state index contributed by atoms with van der Waals surface area (Å²) in [5.41, 5.74) is -0.203. The average molecular weight is 565 g/mol. The molecule has 0 saturated carbocycles. The molecule has 1 aliphatic heterocycles. The van der Waals surface area contributed by atoms with Crippen LogP contribution in [0.25, 0.3) is 0 Å². The van der Waals surface area contributed by atoms with Gasteiger partial charge < -0.3 is 9.80 Å². The zero-order valence-corrected chi connectivity index (χ0v) is 21.1. The summed E-state index contributed by atoms with van der Waals surface area (Å²) in [6, 6.07) is 8.67. The Morgan fingerprint density at radius 2 is 1.68 bits per heavy atom. The predicted octanol–water partition coefficient (Wildman–Crippen LogP) is 2.15. The number of carbonyl (C=O) groups excluding carboxylic acids is 3. The van der Waals surface area contributed by atoms with Crippen LogP contribution >= 0.6 is 0 Å². The number of nitrogens with one attached hydrogen (secondary N) is 1. The van der Waals surface area contributed by atoms with Crippen LogP contribution in [0.1, 0.15) is 32.7 Å². The van der Waals surface area contributed by atoms with E-state index in [-0.39, 0.29) is 48.4 Å². The molecule has 3 aromatic rings. The number of hydrogen-bond donors (Lipinski definition) is 1. The summed E-state index contributed by atoms with van der Waals surface area (Å²) in [6.07, 6.45) is -5.60. The van der Waals surface area contributed by atoms with Crippen molar-refractivity contribution in [1.29, 1.82) is 0 Å². The van der Waals surface area contributed by atoms with Crippen molar-refractivity contribution < 1.29 is 46.0 Å². The number of amides is 2. The van der Waals surface area contributed by atoms with Crippen LogP contribution in [-0.4, -0.2) is 53.6 Å². The van der Waals surface area contributed by atoms with Gasteiger partial charge in [-0.2, -0.15) is 18.0 Å². The Kier molecular flexibility index (Phi) is 7.71. The van der Waals surface area contributed by atoms with Crippen LogP contribution in [0.2, 0.25) is 0 Å². The second-order valence-electron chi connectivity index (χ2n) is 9.05. The SMILES string of the molecule is Cc1c(C)c(=O)[nH][n+](OC(=O)C(F)(F)F)c1Cc1ccc(F)c(C(=O)N2CCN(c3ccc(F)cc3)C(=O)C2)c1. The fourth-order valence-electron chi connectivity index (χ4n) is 4.15. The summed E-state index contributed by atoms with van der Waals surface area (Å²) in [7, 11) is 0. The molecular weight excluding hydrogens is 543 g/mol. The lowest BCUT2D eigenvalue weighted by molar-refractivity contribution is -0.921. The molecule has 4 rings (SSSR count). The van der Waals surface area contributed by atoms with Gasteiger partial charge in [-0.3, -0.25) is 14.4 Å². The monoisotopic (exact) mass is 565 g/mol. The van der Waals surface area contributed by atoms with Gasteiger partial charge in [0.2, 0.25) is 5.91 Å². The van der Waals surface area contributed by atoms with Gasteiger partial charge in [-0.15, -0.1) is 0 Å². The number of benzene rings is 2. The molecule has 2 aromatic carbocycles. The molecule has 0 aliphatic carbocycles. The summed E-state index contributed by atoms with van der Waals surface area (Å²) in [6.45, 7) is 2.61. The second-order valence-corrected chi connectivity index (χ2v) is 9.05. The standard InChI is InChI=1S/C26H21F5N4O5/c1-14-15(2)23(37)32-35(40-25(39)26(29,30)31)21(14)12-16-3-8-20(28)19(11-16)24(38)33-9-10-34(22(36)13-33)18-6-4-17(27)5-7-18/h3-8,11H,9-10,12-13H2,1-2H3/p+1. The Labute approximate surface area is 223 Å². The molecule has 40 heavy (non-hydrogen) atoms. The van der Waals surface area contributed by atoms with Gasteiger partial charge in [0.05, 0.1) is 12.0 Å². The minimum Gasteiger partial charge on any atom is -0.327 e. The molecule has 2 amide bonds. The van der Waals surface area contributed by atoms with Crippen molar-refractivity contribution >= 4 is 23.5 Å². The smallest absolute Gasteiger partial charge is 0.327 e. The number of H-pyrrole nitrogens is 1. The molecule has 1 saturated heterocycles. The number of carbonyl (C=O) groups is 3. The highest BCUT2D eigenvalue weighted by Crippen LogP contribution is 2.21. The molecular formula is C26H22F5N4O5+. The van der Waals surface area contributed by atoms with E-state index in [0.29, 0.717) is 10.5 Å². The molecule has 1 N–H and O–H groups in total. The third kappa shape index (κ3) is 5.84. The maximum atomic E-state index is 14.7. The Balaban J connectivity index is 1.58. The van der Waals surface area contributed by atoms with E-state index in [1.54, 1.807) is 0 Å². The predicted molar refractivity (Wildman–Crippen MR) is 128 cm³/mol. The molecule has 0 spiro atoms. The molecule has 0 radical (unpaired) electrons. The van der Waals surface area contributed by atoms with E-state index in [1.807, 2.05) is 5.10 Å². The first-order chi connectivity index (χ1) is 18.8. The fraction of sp³-hybridized carbons (Fsp3) is 0.269. The first-order valence-electron chi connectivity index (χ1n) is 11.8. The van der Waals surface area contributed by atoms with Crippen LogP contribution in [0.4, 0.5) is 27.6 Å². The van der Waals surface area contributed by atoms with Crippen LogP contribution in [0.15, 0.2) is 47.3 Å². The van der Waals surface area contributed by atoms with Crippen LogP contribution < -0.4 is 20.1 Å². The first kappa shape index (κ1) is 28.4. The average Bonchev–Trinajstić information content (AvgIpc) is 2.90. The van der Waals surface area contributed by atoms with Crippen molar-refractivity contribution in [1.82, 2.24) is 10.00 Å². The Bertz CT molecular complexity index is 1550. The summed E-state index contributed by atoms with van der Waals surface area (Å²) in [5, 5.41) is 2.04. The van der Waals surface area contributed by atoms with Crippen molar-refractivity contribution in [3.63, 3.8) is 0 Å². The van der Waals surface area contributed by atoms with Crippen LogP contribution in [0, 0.1) is 25.5 Å². The third-order valence-electron chi connectivity index (χ3n) is 6.47. The summed E-state index contributed by atoms with van der Waals surface area (Å²) >= 11 is 0. The number of nitrogens with zero attached hydrogens (tertiary/aromatic N) is 3. The topological polar surface area (TPSA) is 104 Å². The lowest BCUT2D eigenvalue weighted by Crippen LogP contribution is -2.58. The lowest BCUT2D eigenvalue weighted by Gasteiger charge is -2.34. The molecule has 2 heterocycles. The van der Waals surface area contributed by atoms with Gasteiger partial charge in [0.1, 0.15) is 23.0 Å². The van der Waals surface area contributed by atoms with E-state index in [1.165, 1.54) is 55.1 Å². The zero-order valence-electron chi connectivity index (χ0n) is 21.1. The molecule has 1 aromatic heterocycles. The third-order valence-corrected chi connectivity index (χ3v) is 6.47. The summed E-state index contributed by atoms with van der Waals surface area (Å²) in [5.74, 6) is -5.20. The van der Waals surface area contributed by atoms with Gasteiger partial charge in [-0.1, -0.05) is 11.2 Å². The van der Waals surface area contributed by atoms with Crippen LogP contribution in [0.5, 0.6) is 0 Å². The van der Waals surface area contributed by atoms with E-state index >= 15 is 0 Å². The van der Waals surface area contributed by atoms with E-state index in [0.717, 1.165) is 11.0 Å². The molecule has 14 heteroatoms. The number of aromatic nitrogens is 2. The van der Waals surface area contributed by atoms with Gasteiger partial charge in [0.25, 0.3) is 11.6 Å². The number of anilines is 1. The van der Waals surface area contributed by atoms with Crippen molar-refractivity contribution in [2.45, 2.75) is 26.4 Å². The highest BCUT2D eigenvalue weighted by molar-refractivity contribution is 6.01. The van der Waals surface area contributed by atoms with E-state index < -0.39 is 46.7 Å². The summed E-state index contributed by atoms with van der Waals surface area (Å²) < 4.78 is 66.4. The van der Waals surface area contributed by atoms with E-state index in [9.17, 15) is 41.1 Å². The van der Waals surface area contributed by atoms with E-state index in [4.69, 9.17) is 0 Å². The zero-order chi connectivity index (χ0) is 29.4. The molecule has 0 atom stereocenters. The highest BCUT2D eigenvalue weighted by atomic mass is 19.4. The summed E-state index contributed by atoms with van der Waals surface area (Å²) in [4.78, 5) is 56.6. The number of hydrogen-bond acceptors (Lipinski definition) is 5. The molecule has 0 bridgehead atoms. The van der Waals surface area contributed by atoms with Gasteiger partial charge >= 0.3 is 17.7 Å². The first-order valence-corrected chi connectivity index (χ1v) is 11.8. The molecule has 9 nitrogen and oxygen atoms in total. The molecule has 210 valence electrons. The molecule has 1 aliphatic rings. The number of halogens is 5. The van der Waals surface area contributed by atoms with E-state index in [2.05, 4.69) is 4.84 Å². The van der Waals surface area contributed by atoms with Crippen molar-refractivity contribution in [3.8, 4) is 0 Å². The quantitative estimate of drug-likeness (QED) is 0.378. The van der Waals surface area contributed by atoms with Gasteiger partial charge in [0, 0.05) is 29.9 Å². The Morgan fingerprint density at radius 1 is 1.00 bits per heavy atom. The van der Waals surface area contributed by atoms with Crippen molar-refractivity contribution in [2.24, 2.45) is 0 Å². The lowest BCUT2D eigenvalue weighted by atomic mass is 10.0. The number of alkyl halides is 3. The molecule has 1 fully saturated rings. The Hall–Kier alpha value is -4.62. The van der Waals surface area contributed by atoms with Gasteiger partial charge in [0.15, 0.2) is 0 Å². The van der Waals surface area contributed by atoms with Crippen LogP contribution in [0.3, 0.4) is 0 Å². The normalized spacial score (nSPS) is 13.9. The van der Waals surface area contributed by atoms with Crippen molar-refractivity contribution in [3.05, 3.63) is 92.4 Å². The fourth-order valence-corrected chi connectivity index (χ4v) is 4.15. The number of piperazine rings is 1. The van der Waals surface area contributed by atoms with Crippen LogP contribution in [-0.2, 0) is 16.0 Å². The van der Waals surface area contributed by atoms with Gasteiger partial charge in [-0.05, 0) is 55.8 Å². The maximum Gasteiger partial charge on any atom is 0.498 e. The molecule has 0 unspecified atom stereocenters.